The van der Waals surface area contributed by atoms with Gasteiger partial charge in [-0.3, -0.25) is 4.98 Å². The van der Waals surface area contributed by atoms with Crippen molar-refractivity contribution in [2.75, 3.05) is 13.2 Å². The Labute approximate surface area is 203 Å². The molecule has 1 fully saturated rings. The average Bonchev–Trinajstić information content (AvgIpc) is 3.10. The van der Waals surface area contributed by atoms with Gasteiger partial charge in [-0.1, -0.05) is 39.8 Å². The van der Waals surface area contributed by atoms with Crippen LogP contribution < -0.4 is 0 Å². The second kappa shape index (κ2) is 8.54. The quantitative estimate of drug-likeness (QED) is 0.559. The Bertz CT molecular complexity index is 1140. The van der Waals surface area contributed by atoms with Crippen LogP contribution in [-0.2, 0) is 15.1 Å². The summed E-state index contributed by atoms with van der Waals surface area (Å²) in [5.41, 5.74) is 1.44. The molecule has 0 saturated carbocycles. The van der Waals surface area contributed by atoms with Crippen LogP contribution in [0.2, 0.25) is 0 Å². The minimum atomic E-state index is -2.78. The number of hydrogen-bond donors (Lipinski definition) is 2. The van der Waals surface area contributed by atoms with Crippen LogP contribution in [0, 0.1) is 11.2 Å². The zero-order chi connectivity index (χ0) is 25.3. The topological polar surface area (TPSA) is 71.8 Å². The molecule has 190 valence electrons. The van der Waals surface area contributed by atoms with Crippen LogP contribution in [0.15, 0.2) is 18.2 Å². The van der Waals surface area contributed by atoms with Crippen LogP contribution in [-0.4, -0.2) is 28.4 Å². The van der Waals surface area contributed by atoms with Gasteiger partial charge >= 0.3 is 0 Å². The van der Waals surface area contributed by atoms with Crippen LogP contribution in [0.25, 0.3) is 0 Å². The minimum Gasteiger partial charge on any atom is -0.388 e. The second-order valence-electron chi connectivity index (χ2n) is 11.0. The van der Waals surface area contributed by atoms with Gasteiger partial charge in [-0.15, -0.1) is 0 Å². The number of benzene rings is 1. The van der Waals surface area contributed by atoms with E-state index in [2.05, 4.69) is 0 Å². The third kappa shape index (κ3) is 3.80. The Morgan fingerprint density at radius 2 is 1.77 bits per heavy atom. The van der Waals surface area contributed by atoms with Crippen molar-refractivity contribution in [1.29, 1.82) is 0 Å². The molecule has 1 aromatic carbocycles. The standard InChI is InChI=1S/C27H32F3NO4/c1-13(2)21-19-20(18-17(32)12-26(3,4)24(33)22(18)31-21)27(7-9-34-10-8-27)35-23(19)15-6-5-14(25(29)30)11-16(15)28/h5-6,11,13,17,23-25,32-33H,7-10,12H2,1-4H3. The summed E-state index contributed by atoms with van der Waals surface area (Å²) in [4.78, 5) is 4.88. The first kappa shape index (κ1) is 24.7. The van der Waals surface area contributed by atoms with E-state index in [9.17, 15) is 19.0 Å². The van der Waals surface area contributed by atoms with E-state index in [4.69, 9.17) is 14.5 Å². The summed E-state index contributed by atoms with van der Waals surface area (Å²) in [6.07, 6.45) is -4.09. The summed E-state index contributed by atoms with van der Waals surface area (Å²) in [5, 5.41) is 22.6. The molecule has 1 spiro atoms. The minimum absolute atomic E-state index is 0.0899. The summed E-state index contributed by atoms with van der Waals surface area (Å²) < 4.78 is 54.0. The number of nitrogens with zero attached hydrogens (tertiary/aromatic N) is 1. The van der Waals surface area contributed by atoms with Gasteiger partial charge in [0.05, 0.1) is 17.4 Å². The van der Waals surface area contributed by atoms with Crippen molar-refractivity contribution in [1.82, 2.24) is 4.98 Å². The van der Waals surface area contributed by atoms with Gasteiger partial charge < -0.3 is 19.7 Å². The number of halogens is 3. The maximum atomic E-state index is 15.3. The number of rotatable bonds is 3. The van der Waals surface area contributed by atoms with Crippen molar-refractivity contribution in [3.8, 4) is 0 Å². The number of aliphatic hydroxyl groups is 2. The van der Waals surface area contributed by atoms with Gasteiger partial charge in [0.15, 0.2) is 0 Å². The molecular formula is C27H32F3NO4. The Hall–Kier alpha value is -2.00. The summed E-state index contributed by atoms with van der Waals surface area (Å²) in [6.45, 7) is 8.59. The van der Waals surface area contributed by atoms with Crippen molar-refractivity contribution in [2.24, 2.45) is 5.41 Å². The molecule has 2 aliphatic heterocycles. The first-order valence-corrected chi connectivity index (χ1v) is 12.2. The van der Waals surface area contributed by atoms with Crippen LogP contribution >= 0.6 is 0 Å². The van der Waals surface area contributed by atoms with E-state index < -0.39 is 47.1 Å². The smallest absolute Gasteiger partial charge is 0.263 e. The summed E-state index contributed by atoms with van der Waals surface area (Å²) in [7, 11) is 0. The van der Waals surface area contributed by atoms with Gasteiger partial charge in [-0.2, -0.15) is 0 Å². The van der Waals surface area contributed by atoms with Crippen LogP contribution in [0.1, 0.15) is 117 Å². The van der Waals surface area contributed by atoms with Crippen LogP contribution in [0.5, 0.6) is 0 Å². The number of hydrogen-bond acceptors (Lipinski definition) is 5. The molecule has 1 saturated heterocycles. The predicted molar refractivity (Wildman–Crippen MR) is 123 cm³/mol. The zero-order valence-corrected chi connectivity index (χ0v) is 20.4. The fraction of sp³-hybridized carbons (Fsp3) is 0.593. The number of ether oxygens (including phenoxy) is 2. The molecular weight excluding hydrogens is 459 g/mol. The first-order valence-electron chi connectivity index (χ1n) is 12.2. The fourth-order valence-corrected chi connectivity index (χ4v) is 6.00. The number of pyridine rings is 1. The highest BCUT2D eigenvalue weighted by molar-refractivity contribution is 5.55. The first-order chi connectivity index (χ1) is 16.5. The highest BCUT2D eigenvalue weighted by atomic mass is 19.3. The second-order valence-corrected chi connectivity index (χ2v) is 11.0. The molecule has 3 unspecified atom stereocenters. The zero-order valence-electron chi connectivity index (χ0n) is 20.4. The summed E-state index contributed by atoms with van der Waals surface area (Å²) >= 11 is 0. The lowest BCUT2D eigenvalue weighted by molar-refractivity contribution is -0.123. The van der Waals surface area contributed by atoms with Gasteiger partial charge in [-0.25, -0.2) is 13.2 Å². The van der Waals surface area contributed by atoms with E-state index in [-0.39, 0.29) is 11.5 Å². The normalized spacial score (nSPS) is 26.9. The van der Waals surface area contributed by atoms with Gasteiger partial charge in [-0.05, 0) is 29.4 Å². The average molecular weight is 492 g/mol. The van der Waals surface area contributed by atoms with Gasteiger partial charge in [0, 0.05) is 54.0 Å². The SMILES string of the molecule is CC(C)c1nc2c(c3c1C(c1ccc(C(F)F)cc1F)OC31CCOCC1)C(O)CC(C)(C)C2O. The molecule has 0 radical (unpaired) electrons. The monoisotopic (exact) mass is 491 g/mol. The van der Waals surface area contributed by atoms with E-state index in [1.54, 1.807) is 0 Å². The number of aromatic nitrogens is 1. The predicted octanol–water partition coefficient (Wildman–Crippen LogP) is 5.90. The van der Waals surface area contributed by atoms with Crippen molar-refractivity contribution in [3.63, 3.8) is 0 Å². The molecule has 8 heteroatoms. The lowest BCUT2D eigenvalue weighted by atomic mass is 9.68. The molecule has 3 atom stereocenters. The largest absolute Gasteiger partial charge is 0.388 e. The fourth-order valence-electron chi connectivity index (χ4n) is 6.00. The third-order valence-corrected chi connectivity index (χ3v) is 7.85. The molecule has 5 nitrogen and oxygen atoms in total. The van der Waals surface area contributed by atoms with Crippen molar-refractivity contribution in [2.45, 2.75) is 83.2 Å². The van der Waals surface area contributed by atoms with E-state index in [1.165, 1.54) is 12.1 Å². The molecule has 3 heterocycles. The van der Waals surface area contributed by atoms with Gasteiger partial charge in [0.1, 0.15) is 18.0 Å². The molecule has 35 heavy (non-hydrogen) atoms. The van der Waals surface area contributed by atoms with Gasteiger partial charge in [0.25, 0.3) is 6.43 Å². The molecule has 0 bridgehead atoms. The maximum absolute atomic E-state index is 15.3. The Morgan fingerprint density at radius 3 is 2.37 bits per heavy atom. The van der Waals surface area contributed by atoms with Gasteiger partial charge in [0.2, 0.25) is 0 Å². The van der Waals surface area contributed by atoms with Crippen molar-refractivity contribution in [3.05, 3.63) is 63.2 Å². The molecule has 0 amide bonds. The van der Waals surface area contributed by atoms with E-state index in [0.717, 1.165) is 11.6 Å². The molecule has 3 aliphatic rings. The van der Waals surface area contributed by atoms with Crippen molar-refractivity contribution >= 4 is 0 Å². The number of fused-ring (bicyclic) bond motifs is 4. The third-order valence-electron chi connectivity index (χ3n) is 7.85. The van der Waals surface area contributed by atoms with E-state index in [1.807, 2.05) is 27.7 Å². The van der Waals surface area contributed by atoms with Crippen LogP contribution in [0.4, 0.5) is 13.2 Å². The van der Waals surface area contributed by atoms with E-state index in [0.29, 0.717) is 55.0 Å². The lowest BCUT2D eigenvalue weighted by Gasteiger charge is -2.42. The van der Waals surface area contributed by atoms with Crippen LogP contribution in [0.3, 0.4) is 0 Å². The molecule has 5 rings (SSSR count). The molecule has 1 aromatic heterocycles. The molecule has 2 aromatic rings. The highest BCUT2D eigenvalue weighted by Crippen LogP contribution is 2.59. The van der Waals surface area contributed by atoms with Crippen molar-refractivity contribution < 1.29 is 32.9 Å². The number of alkyl halides is 2. The Balaban J connectivity index is 1.80. The Kier molecular flexibility index (Phi) is 6.02. The summed E-state index contributed by atoms with van der Waals surface area (Å²) in [5.74, 6) is -0.857. The number of aliphatic hydroxyl groups excluding tert-OH is 2. The van der Waals surface area contributed by atoms with E-state index >= 15 is 4.39 Å². The highest BCUT2D eigenvalue weighted by Gasteiger charge is 2.54. The summed E-state index contributed by atoms with van der Waals surface area (Å²) in [6, 6.07) is 3.45. The molecule has 2 N–H and O–H groups in total. The lowest BCUT2D eigenvalue weighted by Crippen LogP contribution is -2.38. The maximum Gasteiger partial charge on any atom is 0.263 e. The molecule has 1 aliphatic carbocycles. The Morgan fingerprint density at radius 1 is 1.09 bits per heavy atom.